The molecule has 6 heteroatoms. The summed E-state index contributed by atoms with van der Waals surface area (Å²) in [4.78, 5) is 27.9. The third-order valence-corrected chi connectivity index (χ3v) is 3.94. The van der Waals surface area contributed by atoms with Crippen LogP contribution >= 0.6 is 0 Å². The van der Waals surface area contributed by atoms with Gasteiger partial charge in [0.1, 0.15) is 5.82 Å². The third-order valence-electron chi connectivity index (χ3n) is 3.94. The number of hydrogen-bond acceptors (Lipinski definition) is 2. The second-order valence-electron chi connectivity index (χ2n) is 6.43. The minimum atomic E-state index is -0.338. The Kier molecular flexibility index (Phi) is 5.23. The van der Waals surface area contributed by atoms with Gasteiger partial charge in [-0.1, -0.05) is 0 Å². The molecule has 0 bridgehead atoms. The van der Waals surface area contributed by atoms with Crippen LogP contribution in [0.4, 0.5) is 14.9 Å². The largest absolute Gasteiger partial charge is 0.333 e. The summed E-state index contributed by atoms with van der Waals surface area (Å²) in [6.45, 7) is 8.25. The van der Waals surface area contributed by atoms with E-state index < -0.39 is 0 Å². The first kappa shape index (κ1) is 17.2. The van der Waals surface area contributed by atoms with Gasteiger partial charge in [-0.15, -0.1) is 0 Å². The molecule has 1 N–H and O–H groups in total. The van der Waals surface area contributed by atoms with Crippen molar-refractivity contribution in [1.29, 1.82) is 0 Å². The number of amides is 3. The van der Waals surface area contributed by atoms with E-state index >= 15 is 0 Å². The number of nitrogens with one attached hydrogen (secondary N) is 1. The lowest BCUT2D eigenvalue weighted by Crippen LogP contribution is -2.51. The van der Waals surface area contributed by atoms with Crippen molar-refractivity contribution in [1.82, 2.24) is 10.2 Å². The first-order valence-electron chi connectivity index (χ1n) is 7.94. The van der Waals surface area contributed by atoms with Crippen molar-refractivity contribution in [3.63, 3.8) is 0 Å². The SMILES string of the molecule is CC(C)N(C(=O)N[C@H]1CC(=O)N(c2ccc(F)cc2)C1)C(C)C. The van der Waals surface area contributed by atoms with Gasteiger partial charge in [-0.2, -0.15) is 0 Å². The number of carbonyl (C=O) groups excluding carboxylic acids is 2. The lowest BCUT2D eigenvalue weighted by atomic mass is 10.2. The zero-order valence-corrected chi connectivity index (χ0v) is 14.0. The van der Waals surface area contributed by atoms with Crippen LogP contribution in [0.1, 0.15) is 34.1 Å². The second-order valence-corrected chi connectivity index (χ2v) is 6.43. The van der Waals surface area contributed by atoms with Gasteiger partial charge in [0.15, 0.2) is 0 Å². The standard InChI is InChI=1S/C17H24FN3O2/c1-11(2)21(12(3)4)17(23)19-14-9-16(22)20(10-14)15-7-5-13(18)6-8-15/h5-8,11-12,14H,9-10H2,1-4H3,(H,19,23)/t14-/m0/s1. The first-order valence-corrected chi connectivity index (χ1v) is 7.94. The molecule has 3 amide bonds. The molecule has 2 rings (SSSR count). The van der Waals surface area contributed by atoms with Crippen LogP contribution in [0.25, 0.3) is 0 Å². The number of benzene rings is 1. The molecule has 1 aliphatic rings. The van der Waals surface area contributed by atoms with E-state index in [0.717, 1.165) is 0 Å². The van der Waals surface area contributed by atoms with Gasteiger partial charge in [0.05, 0.1) is 6.04 Å². The second kappa shape index (κ2) is 6.98. The number of nitrogens with zero attached hydrogens (tertiary/aromatic N) is 2. The van der Waals surface area contributed by atoms with E-state index in [1.807, 2.05) is 27.7 Å². The van der Waals surface area contributed by atoms with Crippen LogP contribution in [0.3, 0.4) is 0 Å². The molecule has 1 aromatic rings. The average molecular weight is 321 g/mol. The van der Waals surface area contributed by atoms with Gasteiger partial charge in [-0.05, 0) is 52.0 Å². The third kappa shape index (κ3) is 4.00. The monoisotopic (exact) mass is 321 g/mol. The Morgan fingerprint density at radius 3 is 2.30 bits per heavy atom. The number of halogens is 1. The van der Waals surface area contributed by atoms with Crippen LogP contribution in [0.2, 0.25) is 0 Å². The van der Waals surface area contributed by atoms with Gasteiger partial charge in [-0.3, -0.25) is 4.79 Å². The maximum absolute atomic E-state index is 13.0. The first-order chi connectivity index (χ1) is 10.8. The summed E-state index contributed by atoms with van der Waals surface area (Å²) in [6.07, 6.45) is 0.257. The van der Waals surface area contributed by atoms with Gasteiger partial charge < -0.3 is 15.1 Å². The summed E-state index contributed by atoms with van der Waals surface area (Å²) >= 11 is 0. The predicted molar refractivity (Wildman–Crippen MR) is 87.8 cm³/mol. The van der Waals surface area contributed by atoms with Crippen molar-refractivity contribution in [2.45, 2.75) is 52.2 Å². The van der Waals surface area contributed by atoms with Gasteiger partial charge >= 0.3 is 6.03 Å². The van der Waals surface area contributed by atoms with Gasteiger partial charge in [0, 0.05) is 30.7 Å². The molecule has 0 saturated carbocycles. The van der Waals surface area contributed by atoms with E-state index in [-0.39, 0.29) is 42.3 Å². The molecule has 5 nitrogen and oxygen atoms in total. The van der Waals surface area contributed by atoms with Crippen molar-refractivity contribution in [2.75, 3.05) is 11.4 Å². The Morgan fingerprint density at radius 1 is 1.22 bits per heavy atom. The highest BCUT2D eigenvalue weighted by Crippen LogP contribution is 2.22. The fourth-order valence-corrected chi connectivity index (χ4v) is 2.99. The number of carbonyl (C=O) groups is 2. The molecule has 1 atom stereocenters. The van der Waals surface area contributed by atoms with Crippen LogP contribution in [0, 0.1) is 5.82 Å². The molecule has 1 aliphatic heterocycles. The molecular formula is C17H24FN3O2. The summed E-state index contributed by atoms with van der Waals surface area (Å²) in [5.41, 5.74) is 0.651. The predicted octanol–water partition coefficient (Wildman–Crippen LogP) is 2.76. The molecule has 23 heavy (non-hydrogen) atoms. The Morgan fingerprint density at radius 2 is 1.78 bits per heavy atom. The van der Waals surface area contributed by atoms with Crippen molar-refractivity contribution < 1.29 is 14.0 Å². The summed E-state index contributed by atoms with van der Waals surface area (Å²) in [5.74, 6) is -0.405. The van der Waals surface area contributed by atoms with Crippen molar-refractivity contribution in [2.24, 2.45) is 0 Å². The normalized spacial score (nSPS) is 18.0. The number of anilines is 1. The number of hydrogen-bond donors (Lipinski definition) is 1. The van der Waals surface area contributed by atoms with Gasteiger partial charge in [-0.25, -0.2) is 9.18 Å². The molecular weight excluding hydrogens is 297 g/mol. The van der Waals surface area contributed by atoms with E-state index in [9.17, 15) is 14.0 Å². The highest BCUT2D eigenvalue weighted by Gasteiger charge is 2.33. The smallest absolute Gasteiger partial charge is 0.318 e. The van der Waals surface area contributed by atoms with Crippen molar-refractivity contribution in [3.05, 3.63) is 30.1 Å². The van der Waals surface area contributed by atoms with Crippen LogP contribution in [-0.2, 0) is 4.79 Å². The number of urea groups is 1. The Labute approximate surface area is 136 Å². The highest BCUT2D eigenvalue weighted by molar-refractivity contribution is 5.96. The molecule has 1 saturated heterocycles. The molecule has 0 radical (unpaired) electrons. The zero-order chi connectivity index (χ0) is 17.1. The van der Waals surface area contributed by atoms with Crippen LogP contribution < -0.4 is 10.2 Å². The molecule has 0 spiro atoms. The lowest BCUT2D eigenvalue weighted by Gasteiger charge is -2.32. The maximum atomic E-state index is 13.0. The topological polar surface area (TPSA) is 52.7 Å². The Balaban J connectivity index is 2.02. The molecule has 0 aromatic heterocycles. The highest BCUT2D eigenvalue weighted by atomic mass is 19.1. The molecule has 0 unspecified atom stereocenters. The van der Waals surface area contributed by atoms with E-state index in [0.29, 0.717) is 12.2 Å². The van der Waals surface area contributed by atoms with E-state index in [4.69, 9.17) is 0 Å². The fraction of sp³-hybridized carbons (Fsp3) is 0.529. The minimum absolute atomic E-state index is 0.0671. The van der Waals surface area contributed by atoms with Crippen molar-refractivity contribution >= 4 is 17.6 Å². The van der Waals surface area contributed by atoms with E-state index in [2.05, 4.69) is 5.32 Å². The Hall–Kier alpha value is -2.11. The molecule has 0 aliphatic carbocycles. The lowest BCUT2D eigenvalue weighted by molar-refractivity contribution is -0.117. The van der Waals surface area contributed by atoms with E-state index in [1.54, 1.807) is 21.9 Å². The van der Waals surface area contributed by atoms with Crippen LogP contribution in [0.5, 0.6) is 0 Å². The van der Waals surface area contributed by atoms with Gasteiger partial charge in [0.2, 0.25) is 5.91 Å². The zero-order valence-electron chi connectivity index (χ0n) is 14.0. The van der Waals surface area contributed by atoms with E-state index in [1.165, 1.54) is 12.1 Å². The summed E-state index contributed by atoms with van der Waals surface area (Å²) < 4.78 is 13.0. The Bertz CT molecular complexity index is 564. The average Bonchev–Trinajstić information content (AvgIpc) is 2.79. The molecule has 1 fully saturated rings. The molecule has 1 heterocycles. The molecule has 1 aromatic carbocycles. The van der Waals surface area contributed by atoms with Crippen LogP contribution in [0.15, 0.2) is 24.3 Å². The summed E-state index contributed by atoms with van der Waals surface area (Å²) in [7, 11) is 0. The maximum Gasteiger partial charge on any atom is 0.318 e. The number of rotatable bonds is 4. The minimum Gasteiger partial charge on any atom is -0.333 e. The quantitative estimate of drug-likeness (QED) is 0.927. The summed E-state index contributed by atoms with van der Waals surface area (Å²) in [5, 5.41) is 2.93. The van der Waals surface area contributed by atoms with Crippen molar-refractivity contribution in [3.8, 4) is 0 Å². The van der Waals surface area contributed by atoms with Gasteiger partial charge in [0.25, 0.3) is 0 Å². The summed E-state index contributed by atoms with van der Waals surface area (Å²) in [6, 6.07) is 5.58. The van der Waals surface area contributed by atoms with Crippen LogP contribution in [-0.4, -0.2) is 41.5 Å². The fourth-order valence-electron chi connectivity index (χ4n) is 2.99. The molecule has 126 valence electrons.